The standard InChI is InChI=1S/C12H14N2O5S/c15-11(16)8-1-3-9(4-2-8)13-12(17)14-10-5-6-20(18,19)7-10/h1-4,10H,5-7H2,(H,15,16)(H2,13,14,17)/t10-/m0/s1. The van der Waals surface area contributed by atoms with E-state index in [1.54, 1.807) is 0 Å². The smallest absolute Gasteiger partial charge is 0.335 e. The predicted molar refractivity (Wildman–Crippen MR) is 72.6 cm³/mol. The van der Waals surface area contributed by atoms with Gasteiger partial charge >= 0.3 is 12.0 Å². The maximum absolute atomic E-state index is 11.7. The van der Waals surface area contributed by atoms with Gasteiger partial charge in [-0.15, -0.1) is 0 Å². The number of carbonyl (C=O) groups excluding carboxylic acids is 1. The van der Waals surface area contributed by atoms with Crippen molar-refractivity contribution in [3.8, 4) is 0 Å². The minimum Gasteiger partial charge on any atom is -0.478 e. The lowest BCUT2D eigenvalue weighted by Crippen LogP contribution is -2.38. The Balaban J connectivity index is 1.90. The second kappa shape index (κ2) is 5.49. The zero-order valence-corrected chi connectivity index (χ0v) is 11.3. The molecule has 0 bridgehead atoms. The molecule has 1 fully saturated rings. The van der Waals surface area contributed by atoms with Gasteiger partial charge in [-0.3, -0.25) is 0 Å². The number of hydrogen-bond donors (Lipinski definition) is 3. The van der Waals surface area contributed by atoms with Crippen LogP contribution in [0, 0.1) is 0 Å². The first-order valence-electron chi connectivity index (χ1n) is 5.97. The average molecular weight is 298 g/mol. The van der Waals surface area contributed by atoms with Crippen molar-refractivity contribution in [1.29, 1.82) is 0 Å². The Labute approximate surface area is 115 Å². The maximum atomic E-state index is 11.7. The van der Waals surface area contributed by atoms with Gasteiger partial charge in [0.2, 0.25) is 0 Å². The van der Waals surface area contributed by atoms with E-state index in [9.17, 15) is 18.0 Å². The third-order valence-electron chi connectivity index (χ3n) is 2.96. The molecule has 1 saturated heterocycles. The molecule has 2 rings (SSSR count). The van der Waals surface area contributed by atoms with Crippen LogP contribution >= 0.6 is 0 Å². The summed E-state index contributed by atoms with van der Waals surface area (Å²) in [6.45, 7) is 0. The van der Waals surface area contributed by atoms with Crippen LogP contribution in [-0.4, -0.2) is 43.1 Å². The van der Waals surface area contributed by atoms with Crippen molar-refractivity contribution in [2.45, 2.75) is 12.5 Å². The van der Waals surface area contributed by atoms with Crippen molar-refractivity contribution >= 4 is 27.5 Å². The number of amides is 2. The van der Waals surface area contributed by atoms with Crippen molar-refractivity contribution in [2.24, 2.45) is 0 Å². The summed E-state index contributed by atoms with van der Waals surface area (Å²) in [4.78, 5) is 22.3. The van der Waals surface area contributed by atoms with E-state index in [-0.39, 0.29) is 23.1 Å². The van der Waals surface area contributed by atoms with Crippen LogP contribution in [-0.2, 0) is 9.84 Å². The molecule has 0 aromatic heterocycles. The van der Waals surface area contributed by atoms with Crippen molar-refractivity contribution in [3.63, 3.8) is 0 Å². The molecule has 20 heavy (non-hydrogen) atoms. The van der Waals surface area contributed by atoms with Crippen molar-refractivity contribution < 1.29 is 23.1 Å². The summed E-state index contributed by atoms with van der Waals surface area (Å²) in [6.07, 6.45) is 0.410. The molecule has 1 aromatic carbocycles. The van der Waals surface area contributed by atoms with Gasteiger partial charge in [-0.2, -0.15) is 0 Å². The number of anilines is 1. The Morgan fingerprint density at radius 1 is 1.20 bits per heavy atom. The van der Waals surface area contributed by atoms with Crippen LogP contribution in [0.15, 0.2) is 24.3 Å². The summed E-state index contributed by atoms with van der Waals surface area (Å²) in [5.41, 5.74) is 0.561. The molecule has 0 aliphatic carbocycles. The van der Waals surface area contributed by atoms with Gasteiger partial charge in [-0.25, -0.2) is 18.0 Å². The summed E-state index contributed by atoms with van der Waals surface area (Å²) in [7, 11) is -3.04. The molecule has 7 nitrogen and oxygen atoms in total. The minimum atomic E-state index is -3.04. The lowest BCUT2D eigenvalue weighted by Gasteiger charge is -2.12. The van der Waals surface area contributed by atoms with Gasteiger partial charge < -0.3 is 15.7 Å². The van der Waals surface area contributed by atoms with Crippen LogP contribution in [0.5, 0.6) is 0 Å². The molecule has 1 atom stereocenters. The van der Waals surface area contributed by atoms with Gasteiger partial charge in [0, 0.05) is 11.7 Å². The number of aromatic carboxylic acids is 1. The van der Waals surface area contributed by atoms with E-state index in [1.807, 2.05) is 0 Å². The predicted octanol–water partition coefficient (Wildman–Crippen LogP) is 0.693. The number of carboxylic acid groups (broad SMARTS) is 1. The van der Waals surface area contributed by atoms with Crippen LogP contribution in [0.4, 0.5) is 10.5 Å². The lowest BCUT2D eigenvalue weighted by molar-refractivity contribution is 0.0697. The number of sulfone groups is 1. The van der Waals surface area contributed by atoms with Crippen molar-refractivity contribution in [3.05, 3.63) is 29.8 Å². The summed E-state index contributed by atoms with van der Waals surface area (Å²) in [5, 5.41) is 13.8. The third-order valence-corrected chi connectivity index (χ3v) is 4.73. The van der Waals surface area contributed by atoms with Crippen LogP contribution in [0.1, 0.15) is 16.8 Å². The highest BCUT2D eigenvalue weighted by Crippen LogP contribution is 2.12. The Bertz CT molecular complexity index is 624. The Morgan fingerprint density at radius 3 is 2.35 bits per heavy atom. The van der Waals surface area contributed by atoms with Gasteiger partial charge in [0.25, 0.3) is 0 Å². The fraction of sp³-hybridized carbons (Fsp3) is 0.333. The molecule has 0 spiro atoms. The molecule has 1 aliphatic heterocycles. The van der Waals surface area contributed by atoms with Gasteiger partial charge in [0.1, 0.15) is 0 Å². The molecule has 3 N–H and O–H groups in total. The lowest BCUT2D eigenvalue weighted by atomic mass is 10.2. The summed E-state index contributed by atoms with van der Waals surface area (Å²) >= 11 is 0. The van der Waals surface area contributed by atoms with E-state index in [1.165, 1.54) is 24.3 Å². The largest absolute Gasteiger partial charge is 0.478 e. The normalized spacial score (nSPS) is 20.3. The Kier molecular flexibility index (Phi) is 3.93. The third kappa shape index (κ3) is 3.70. The molecule has 0 radical (unpaired) electrons. The highest BCUT2D eigenvalue weighted by molar-refractivity contribution is 7.91. The molecule has 2 amide bonds. The highest BCUT2D eigenvalue weighted by Gasteiger charge is 2.28. The molecule has 1 aromatic rings. The monoisotopic (exact) mass is 298 g/mol. The number of carbonyl (C=O) groups is 2. The Morgan fingerprint density at radius 2 is 1.85 bits per heavy atom. The van der Waals surface area contributed by atoms with E-state index in [0.717, 1.165) is 0 Å². The summed E-state index contributed by atoms with van der Waals surface area (Å²) in [6, 6.07) is 4.80. The van der Waals surface area contributed by atoms with Crippen LogP contribution < -0.4 is 10.6 Å². The first-order chi connectivity index (χ1) is 9.35. The van der Waals surface area contributed by atoms with E-state index in [2.05, 4.69) is 10.6 Å². The molecular weight excluding hydrogens is 284 g/mol. The number of hydrogen-bond acceptors (Lipinski definition) is 4. The van der Waals surface area contributed by atoms with E-state index >= 15 is 0 Å². The zero-order chi connectivity index (χ0) is 14.8. The van der Waals surface area contributed by atoms with Crippen LogP contribution in [0.2, 0.25) is 0 Å². The van der Waals surface area contributed by atoms with E-state index in [0.29, 0.717) is 12.1 Å². The SMILES string of the molecule is O=C(Nc1ccc(C(=O)O)cc1)N[C@H]1CCS(=O)(=O)C1. The highest BCUT2D eigenvalue weighted by atomic mass is 32.2. The fourth-order valence-corrected chi connectivity index (χ4v) is 3.63. The second-order valence-electron chi connectivity index (χ2n) is 4.58. The minimum absolute atomic E-state index is 0.0433. The second-order valence-corrected chi connectivity index (χ2v) is 6.81. The van der Waals surface area contributed by atoms with E-state index < -0.39 is 21.8 Å². The van der Waals surface area contributed by atoms with Gasteiger partial charge in [-0.1, -0.05) is 0 Å². The number of rotatable bonds is 3. The fourth-order valence-electron chi connectivity index (χ4n) is 1.96. The van der Waals surface area contributed by atoms with E-state index in [4.69, 9.17) is 5.11 Å². The zero-order valence-electron chi connectivity index (χ0n) is 10.5. The van der Waals surface area contributed by atoms with Crippen molar-refractivity contribution in [2.75, 3.05) is 16.8 Å². The molecule has 8 heteroatoms. The topological polar surface area (TPSA) is 113 Å². The van der Waals surface area contributed by atoms with Crippen molar-refractivity contribution in [1.82, 2.24) is 5.32 Å². The van der Waals surface area contributed by atoms with Crippen LogP contribution in [0.25, 0.3) is 0 Å². The summed E-state index contributed by atoms with van der Waals surface area (Å²) in [5.74, 6) is -0.999. The number of benzene rings is 1. The van der Waals surface area contributed by atoms with Gasteiger partial charge in [-0.05, 0) is 30.7 Å². The van der Waals surface area contributed by atoms with Crippen LogP contribution in [0.3, 0.4) is 0 Å². The summed E-state index contributed by atoms with van der Waals surface area (Å²) < 4.78 is 22.5. The first-order valence-corrected chi connectivity index (χ1v) is 7.79. The number of nitrogens with one attached hydrogen (secondary N) is 2. The quantitative estimate of drug-likeness (QED) is 0.760. The first kappa shape index (κ1) is 14.3. The maximum Gasteiger partial charge on any atom is 0.335 e. The number of urea groups is 1. The van der Waals surface area contributed by atoms with Gasteiger partial charge in [0.05, 0.1) is 17.1 Å². The molecule has 108 valence electrons. The Hall–Kier alpha value is -2.09. The average Bonchev–Trinajstić information content (AvgIpc) is 2.69. The molecule has 1 heterocycles. The molecular formula is C12H14N2O5S. The molecule has 1 aliphatic rings. The van der Waals surface area contributed by atoms with Gasteiger partial charge in [0.15, 0.2) is 9.84 Å². The molecule has 0 saturated carbocycles. The molecule has 0 unspecified atom stereocenters. The number of carboxylic acids is 1.